The normalized spacial score (nSPS) is 12.6. The Morgan fingerprint density at radius 1 is 1.29 bits per heavy atom. The smallest absolute Gasteiger partial charge is 0.0470 e. The summed E-state index contributed by atoms with van der Waals surface area (Å²) >= 11 is 5.96. The van der Waals surface area contributed by atoms with Crippen molar-refractivity contribution in [2.75, 3.05) is 0 Å². The summed E-state index contributed by atoms with van der Waals surface area (Å²) in [5.41, 5.74) is 8.27. The van der Waals surface area contributed by atoms with E-state index in [1.165, 1.54) is 11.1 Å². The average molecular weight is 249 g/mol. The SMILES string of the molecule is CC(N)Cc1ccn(Cc2cccc(Cl)c2)c1. The van der Waals surface area contributed by atoms with Gasteiger partial charge in [-0.2, -0.15) is 0 Å². The Bertz CT molecular complexity index is 488. The van der Waals surface area contributed by atoms with Crippen LogP contribution in [0.1, 0.15) is 18.1 Å². The predicted octanol–water partition coefficient (Wildman–Crippen LogP) is 3.08. The molecule has 1 aromatic heterocycles. The fourth-order valence-electron chi connectivity index (χ4n) is 1.93. The van der Waals surface area contributed by atoms with E-state index in [-0.39, 0.29) is 6.04 Å². The molecule has 1 unspecified atom stereocenters. The van der Waals surface area contributed by atoms with E-state index in [1.54, 1.807) is 0 Å². The highest BCUT2D eigenvalue weighted by atomic mass is 35.5. The predicted molar refractivity (Wildman–Crippen MR) is 72.3 cm³/mol. The van der Waals surface area contributed by atoms with Crippen LogP contribution in [0.4, 0.5) is 0 Å². The van der Waals surface area contributed by atoms with Crippen molar-refractivity contribution < 1.29 is 0 Å². The number of nitrogens with two attached hydrogens (primary N) is 1. The maximum atomic E-state index is 5.96. The lowest BCUT2D eigenvalue weighted by Crippen LogP contribution is -2.17. The third-order valence-electron chi connectivity index (χ3n) is 2.62. The summed E-state index contributed by atoms with van der Waals surface area (Å²) in [7, 11) is 0. The second-order valence-corrected chi connectivity index (χ2v) is 4.94. The highest BCUT2D eigenvalue weighted by Gasteiger charge is 2.01. The number of rotatable bonds is 4. The Kier molecular flexibility index (Phi) is 3.87. The van der Waals surface area contributed by atoms with Crippen LogP contribution in [0.15, 0.2) is 42.7 Å². The van der Waals surface area contributed by atoms with Gasteiger partial charge in [0.25, 0.3) is 0 Å². The van der Waals surface area contributed by atoms with Crippen molar-refractivity contribution in [2.45, 2.75) is 25.9 Å². The number of hydrogen-bond donors (Lipinski definition) is 1. The van der Waals surface area contributed by atoms with Crippen LogP contribution >= 0.6 is 11.6 Å². The lowest BCUT2D eigenvalue weighted by Gasteiger charge is -2.04. The number of halogens is 1. The van der Waals surface area contributed by atoms with Crippen LogP contribution < -0.4 is 5.73 Å². The van der Waals surface area contributed by atoms with Gasteiger partial charge >= 0.3 is 0 Å². The second kappa shape index (κ2) is 5.39. The zero-order chi connectivity index (χ0) is 12.3. The molecule has 0 radical (unpaired) electrons. The fourth-order valence-corrected chi connectivity index (χ4v) is 2.14. The first-order valence-corrected chi connectivity index (χ1v) is 6.16. The molecule has 0 aliphatic heterocycles. The molecule has 1 atom stereocenters. The number of hydrogen-bond acceptors (Lipinski definition) is 1. The molecule has 0 fully saturated rings. The van der Waals surface area contributed by atoms with Crippen molar-refractivity contribution in [1.82, 2.24) is 4.57 Å². The molecule has 3 heteroatoms. The third kappa shape index (κ3) is 3.62. The summed E-state index contributed by atoms with van der Waals surface area (Å²) in [5, 5.41) is 0.783. The number of benzene rings is 1. The van der Waals surface area contributed by atoms with Gasteiger partial charge in [-0.15, -0.1) is 0 Å². The molecule has 0 aliphatic rings. The van der Waals surface area contributed by atoms with Crippen molar-refractivity contribution in [1.29, 1.82) is 0 Å². The van der Waals surface area contributed by atoms with Gasteiger partial charge < -0.3 is 10.3 Å². The Hall–Kier alpha value is -1.25. The molecule has 0 spiro atoms. The lowest BCUT2D eigenvalue weighted by molar-refractivity contribution is 0.732. The fraction of sp³-hybridized carbons (Fsp3) is 0.286. The van der Waals surface area contributed by atoms with Crippen molar-refractivity contribution in [2.24, 2.45) is 5.73 Å². The van der Waals surface area contributed by atoms with E-state index in [2.05, 4.69) is 29.1 Å². The summed E-state index contributed by atoms with van der Waals surface area (Å²) in [6, 6.07) is 10.3. The maximum Gasteiger partial charge on any atom is 0.0470 e. The van der Waals surface area contributed by atoms with Crippen LogP contribution in [0.5, 0.6) is 0 Å². The van der Waals surface area contributed by atoms with Crippen LogP contribution in [-0.2, 0) is 13.0 Å². The molecule has 1 aromatic carbocycles. The van der Waals surface area contributed by atoms with Crippen LogP contribution in [0, 0.1) is 0 Å². The minimum atomic E-state index is 0.206. The van der Waals surface area contributed by atoms with E-state index in [0.717, 1.165) is 18.0 Å². The van der Waals surface area contributed by atoms with E-state index in [4.69, 9.17) is 17.3 Å². The van der Waals surface area contributed by atoms with Gasteiger partial charge in [0.1, 0.15) is 0 Å². The van der Waals surface area contributed by atoms with Crippen LogP contribution in [0.3, 0.4) is 0 Å². The largest absolute Gasteiger partial charge is 0.350 e. The molecule has 0 bridgehead atoms. The molecule has 0 saturated carbocycles. The van der Waals surface area contributed by atoms with Gasteiger partial charge in [-0.25, -0.2) is 0 Å². The first-order chi connectivity index (χ1) is 8.13. The van der Waals surface area contributed by atoms with E-state index < -0.39 is 0 Å². The molecule has 2 N–H and O–H groups in total. The van der Waals surface area contributed by atoms with E-state index >= 15 is 0 Å². The standard InChI is InChI=1S/C14H17ClN2/c1-11(16)7-13-5-6-17(10-13)9-12-3-2-4-14(15)8-12/h2-6,8,10-11H,7,9,16H2,1H3. The van der Waals surface area contributed by atoms with Crippen LogP contribution in [0.25, 0.3) is 0 Å². The molecule has 0 saturated heterocycles. The highest BCUT2D eigenvalue weighted by Crippen LogP contribution is 2.13. The molecular formula is C14H17ClN2. The van der Waals surface area contributed by atoms with Crippen LogP contribution in [-0.4, -0.2) is 10.6 Å². The van der Waals surface area contributed by atoms with Gasteiger partial charge in [-0.05, 0) is 42.7 Å². The summed E-state index contributed by atoms with van der Waals surface area (Å²) in [4.78, 5) is 0. The number of aromatic nitrogens is 1. The molecule has 90 valence electrons. The van der Waals surface area contributed by atoms with E-state index in [9.17, 15) is 0 Å². The molecule has 1 heterocycles. The van der Waals surface area contributed by atoms with Gasteiger partial charge in [-0.3, -0.25) is 0 Å². The minimum Gasteiger partial charge on any atom is -0.350 e. The van der Waals surface area contributed by atoms with Gasteiger partial charge in [0.15, 0.2) is 0 Å². The molecule has 17 heavy (non-hydrogen) atoms. The van der Waals surface area contributed by atoms with Gasteiger partial charge in [0.05, 0.1) is 0 Å². The van der Waals surface area contributed by atoms with Crippen molar-refractivity contribution in [3.05, 3.63) is 58.9 Å². The Morgan fingerprint density at radius 2 is 2.12 bits per heavy atom. The Morgan fingerprint density at radius 3 is 2.82 bits per heavy atom. The summed E-state index contributed by atoms with van der Waals surface area (Å²) < 4.78 is 2.16. The van der Waals surface area contributed by atoms with Crippen LogP contribution in [0.2, 0.25) is 5.02 Å². The van der Waals surface area contributed by atoms with Crippen molar-refractivity contribution in [3.8, 4) is 0 Å². The zero-order valence-corrected chi connectivity index (χ0v) is 10.7. The van der Waals surface area contributed by atoms with E-state index in [1.807, 2.05) is 25.1 Å². The monoisotopic (exact) mass is 248 g/mol. The summed E-state index contributed by atoms with van der Waals surface area (Å²) in [6.45, 7) is 2.87. The van der Waals surface area contributed by atoms with Gasteiger partial charge in [0, 0.05) is 30.0 Å². The third-order valence-corrected chi connectivity index (χ3v) is 2.86. The molecule has 0 aliphatic carbocycles. The Balaban J connectivity index is 2.06. The van der Waals surface area contributed by atoms with Crippen molar-refractivity contribution >= 4 is 11.6 Å². The van der Waals surface area contributed by atoms with Gasteiger partial charge in [0.2, 0.25) is 0 Å². The van der Waals surface area contributed by atoms with E-state index in [0.29, 0.717) is 0 Å². The lowest BCUT2D eigenvalue weighted by atomic mass is 10.1. The molecule has 2 rings (SSSR count). The molecule has 2 aromatic rings. The second-order valence-electron chi connectivity index (χ2n) is 4.50. The summed E-state index contributed by atoms with van der Waals surface area (Å²) in [6.07, 6.45) is 5.14. The minimum absolute atomic E-state index is 0.206. The maximum absolute atomic E-state index is 5.96. The average Bonchev–Trinajstić information content (AvgIpc) is 2.64. The molecule has 0 amide bonds. The molecule has 2 nitrogen and oxygen atoms in total. The number of nitrogens with zero attached hydrogens (tertiary/aromatic N) is 1. The first-order valence-electron chi connectivity index (χ1n) is 5.78. The summed E-state index contributed by atoms with van der Waals surface area (Å²) in [5.74, 6) is 0. The van der Waals surface area contributed by atoms with Crippen molar-refractivity contribution in [3.63, 3.8) is 0 Å². The molecular weight excluding hydrogens is 232 g/mol. The van der Waals surface area contributed by atoms with Gasteiger partial charge in [-0.1, -0.05) is 23.7 Å². The highest BCUT2D eigenvalue weighted by molar-refractivity contribution is 6.30. The quantitative estimate of drug-likeness (QED) is 0.886. The first kappa shape index (κ1) is 12.2. The zero-order valence-electron chi connectivity index (χ0n) is 9.94. The topological polar surface area (TPSA) is 30.9 Å². The Labute approximate surface area is 107 Å².